The first-order chi connectivity index (χ1) is 11.2. The molecule has 4 amide bonds. The van der Waals surface area contributed by atoms with Crippen molar-refractivity contribution in [2.45, 2.75) is 52.2 Å². The quantitative estimate of drug-likeness (QED) is 0.840. The van der Waals surface area contributed by atoms with Crippen LogP contribution in [0.3, 0.4) is 0 Å². The molecule has 0 spiro atoms. The molecule has 1 aliphatic heterocycles. The second-order valence-corrected chi connectivity index (χ2v) is 6.80. The first-order valence-electron chi connectivity index (χ1n) is 8.19. The molecule has 1 aliphatic rings. The number of imide groups is 1. The lowest BCUT2D eigenvalue weighted by Crippen LogP contribution is -2.49. The lowest BCUT2D eigenvalue weighted by Gasteiger charge is -2.32. The van der Waals surface area contributed by atoms with E-state index < -0.39 is 17.5 Å². The highest BCUT2D eigenvalue weighted by atomic mass is 16.2. The molecule has 1 fully saturated rings. The Labute approximate surface area is 142 Å². The van der Waals surface area contributed by atoms with E-state index in [1.54, 1.807) is 24.0 Å². The van der Waals surface area contributed by atoms with Gasteiger partial charge in [0.2, 0.25) is 5.91 Å². The van der Waals surface area contributed by atoms with Crippen LogP contribution in [0.5, 0.6) is 0 Å². The number of carbonyl (C=O) groups is 3. The zero-order chi connectivity index (χ0) is 18.1. The molecule has 1 heterocycles. The molecule has 6 nitrogen and oxygen atoms in total. The molecule has 2 rings (SSSR count). The third-order valence-corrected chi connectivity index (χ3v) is 4.32. The summed E-state index contributed by atoms with van der Waals surface area (Å²) in [5.41, 5.74) is -0.443. The number of amides is 4. The Hall–Kier alpha value is -2.37. The van der Waals surface area contributed by atoms with Crippen molar-refractivity contribution in [1.82, 2.24) is 15.1 Å². The largest absolute Gasteiger partial charge is 0.336 e. The molecule has 130 valence electrons. The maximum Gasteiger partial charge on any atom is 0.325 e. The fourth-order valence-corrected chi connectivity index (χ4v) is 3.20. The summed E-state index contributed by atoms with van der Waals surface area (Å²) >= 11 is 0. The molecule has 1 N–H and O–H groups in total. The first kappa shape index (κ1) is 18.0. The number of hydrogen-bond acceptors (Lipinski definition) is 3. The Morgan fingerprint density at radius 2 is 1.67 bits per heavy atom. The molecule has 1 saturated heterocycles. The zero-order valence-corrected chi connectivity index (χ0v) is 14.9. The predicted molar refractivity (Wildman–Crippen MR) is 91.2 cm³/mol. The van der Waals surface area contributed by atoms with E-state index >= 15 is 0 Å². The Morgan fingerprint density at radius 1 is 1.12 bits per heavy atom. The number of hydrogen-bond donors (Lipinski definition) is 1. The summed E-state index contributed by atoms with van der Waals surface area (Å²) in [6.45, 7) is 9.07. The van der Waals surface area contributed by atoms with Crippen LogP contribution in [0.2, 0.25) is 0 Å². The number of carbonyl (C=O) groups excluding carboxylic acids is 3. The van der Waals surface area contributed by atoms with Crippen LogP contribution in [0.4, 0.5) is 4.79 Å². The fourth-order valence-electron chi connectivity index (χ4n) is 3.20. The van der Waals surface area contributed by atoms with E-state index in [1.165, 1.54) is 0 Å². The van der Waals surface area contributed by atoms with Gasteiger partial charge < -0.3 is 10.2 Å². The molecule has 0 bridgehead atoms. The van der Waals surface area contributed by atoms with Gasteiger partial charge >= 0.3 is 6.03 Å². The van der Waals surface area contributed by atoms with Crippen molar-refractivity contribution >= 4 is 17.8 Å². The maximum absolute atomic E-state index is 12.8. The van der Waals surface area contributed by atoms with Crippen LogP contribution >= 0.6 is 0 Å². The van der Waals surface area contributed by atoms with Gasteiger partial charge in [-0.05, 0) is 40.2 Å². The third kappa shape index (κ3) is 3.13. The van der Waals surface area contributed by atoms with Gasteiger partial charge in [-0.1, -0.05) is 30.3 Å². The lowest BCUT2D eigenvalue weighted by atomic mass is 9.92. The SMILES string of the molecule is CC(C)N(C(=O)CN1C(=O)N[C@](C)(c2ccccc2)C1=O)C(C)C. The summed E-state index contributed by atoms with van der Waals surface area (Å²) < 4.78 is 0. The van der Waals surface area contributed by atoms with Crippen molar-refractivity contribution in [3.05, 3.63) is 35.9 Å². The highest BCUT2D eigenvalue weighted by Gasteiger charge is 2.49. The Kier molecular flexibility index (Phi) is 4.96. The molecule has 0 unspecified atom stereocenters. The number of rotatable bonds is 5. The zero-order valence-electron chi connectivity index (χ0n) is 14.9. The van der Waals surface area contributed by atoms with E-state index in [-0.39, 0.29) is 24.5 Å². The minimum atomic E-state index is -1.14. The van der Waals surface area contributed by atoms with Crippen LogP contribution in [0.1, 0.15) is 40.2 Å². The van der Waals surface area contributed by atoms with E-state index in [0.717, 1.165) is 4.90 Å². The van der Waals surface area contributed by atoms with Crippen LogP contribution in [-0.4, -0.2) is 46.3 Å². The molecule has 0 radical (unpaired) electrons. The second kappa shape index (κ2) is 6.63. The third-order valence-electron chi connectivity index (χ3n) is 4.32. The number of nitrogens with one attached hydrogen (secondary N) is 1. The maximum atomic E-state index is 12.8. The molecule has 6 heteroatoms. The van der Waals surface area contributed by atoms with Crippen LogP contribution in [0.25, 0.3) is 0 Å². The molecule has 0 aliphatic carbocycles. The molecule has 0 aromatic heterocycles. The number of urea groups is 1. The molecule has 1 atom stereocenters. The molecule has 1 aromatic rings. The Balaban J connectivity index is 2.22. The van der Waals surface area contributed by atoms with Crippen molar-refractivity contribution < 1.29 is 14.4 Å². The first-order valence-corrected chi connectivity index (χ1v) is 8.19. The minimum absolute atomic E-state index is 0.00114. The van der Waals surface area contributed by atoms with Gasteiger partial charge in [0.15, 0.2) is 0 Å². The smallest absolute Gasteiger partial charge is 0.325 e. The predicted octanol–water partition coefficient (Wildman–Crippen LogP) is 2.10. The van der Waals surface area contributed by atoms with E-state index in [1.807, 2.05) is 45.9 Å². The summed E-state index contributed by atoms with van der Waals surface area (Å²) in [4.78, 5) is 40.4. The van der Waals surface area contributed by atoms with Crippen LogP contribution in [0.15, 0.2) is 30.3 Å². The van der Waals surface area contributed by atoms with Gasteiger partial charge in [0.25, 0.3) is 5.91 Å². The van der Waals surface area contributed by atoms with Gasteiger partial charge in [-0.15, -0.1) is 0 Å². The summed E-state index contributed by atoms with van der Waals surface area (Å²) in [6, 6.07) is 8.51. The van der Waals surface area contributed by atoms with E-state index in [2.05, 4.69) is 5.32 Å². The van der Waals surface area contributed by atoms with Gasteiger partial charge in [-0.3, -0.25) is 14.5 Å². The van der Waals surface area contributed by atoms with Gasteiger partial charge in [-0.2, -0.15) is 0 Å². The standard InChI is InChI=1S/C18H25N3O3/c1-12(2)21(13(3)4)15(22)11-20-16(23)18(5,19-17(20)24)14-9-7-6-8-10-14/h6-10,12-13H,11H2,1-5H3,(H,19,24)/t18-/m1/s1. The van der Waals surface area contributed by atoms with E-state index in [0.29, 0.717) is 5.56 Å². The van der Waals surface area contributed by atoms with Crippen molar-refractivity contribution in [2.75, 3.05) is 6.54 Å². The van der Waals surface area contributed by atoms with Crippen molar-refractivity contribution in [1.29, 1.82) is 0 Å². The van der Waals surface area contributed by atoms with E-state index in [4.69, 9.17) is 0 Å². The molecular weight excluding hydrogens is 306 g/mol. The average molecular weight is 331 g/mol. The van der Waals surface area contributed by atoms with Crippen LogP contribution in [0, 0.1) is 0 Å². The highest BCUT2D eigenvalue weighted by molar-refractivity contribution is 6.09. The highest BCUT2D eigenvalue weighted by Crippen LogP contribution is 2.28. The summed E-state index contributed by atoms with van der Waals surface area (Å²) in [5, 5.41) is 2.72. The average Bonchev–Trinajstić information content (AvgIpc) is 2.72. The van der Waals surface area contributed by atoms with Gasteiger partial charge in [0.1, 0.15) is 12.1 Å². The summed E-state index contributed by atoms with van der Waals surface area (Å²) in [5.74, 6) is -0.639. The summed E-state index contributed by atoms with van der Waals surface area (Å²) in [6.07, 6.45) is 0. The molecular formula is C18H25N3O3. The minimum Gasteiger partial charge on any atom is -0.336 e. The number of benzene rings is 1. The van der Waals surface area contributed by atoms with Crippen LogP contribution < -0.4 is 5.32 Å². The normalized spacial score (nSPS) is 20.7. The van der Waals surface area contributed by atoms with Gasteiger partial charge in [0, 0.05) is 12.1 Å². The molecule has 1 aromatic carbocycles. The lowest BCUT2D eigenvalue weighted by molar-refractivity contribution is -0.141. The molecule has 24 heavy (non-hydrogen) atoms. The van der Waals surface area contributed by atoms with Gasteiger partial charge in [-0.25, -0.2) is 4.79 Å². The molecule has 0 saturated carbocycles. The van der Waals surface area contributed by atoms with Crippen molar-refractivity contribution in [3.63, 3.8) is 0 Å². The Bertz CT molecular complexity index is 634. The van der Waals surface area contributed by atoms with Gasteiger partial charge in [0.05, 0.1) is 0 Å². The second-order valence-electron chi connectivity index (χ2n) is 6.80. The van der Waals surface area contributed by atoms with E-state index in [9.17, 15) is 14.4 Å². The van der Waals surface area contributed by atoms with Crippen molar-refractivity contribution in [2.24, 2.45) is 0 Å². The topological polar surface area (TPSA) is 69.7 Å². The fraction of sp³-hybridized carbons (Fsp3) is 0.500. The Morgan fingerprint density at radius 3 is 2.17 bits per heavy atom. The monoisotopic (exact) mass is 331 g/mol. The van der Waals surface area contributed by atoms with Crippen molar-refractivity contribution in [3.8, 4) is 0 Å². The van der Waals surface area contributed by atoms with Crippen LogP contribution in [-0.2, 0) is 15.1 Å². The number of nitrogens with zero attached hydrogens (tertiary/aromatic N) is 2. The summed E-state index contributed by atoms with van der Waals surface area (Å²) in [7, 11) is 0.